The van der Waals surface area contributed by atoms with Crippen molar-refractivity contribution in [1.29, 1.82) is 0 Å². The van der Waals surface area contributed by atoms with Gasteiger partial charge in [-0.15, -0.1) is 0 Å². The third-order valence-corrected chi connectivity index (χ3v) is 7.45. The second kappa shape index (κ2) is 16.8. The van der Waals surface area contributed by atoms with Gasteiger partial charge in [0, 0.05) is 50.0 Å². The number of esters is 3. The third-order valence-electron chi connectivity index (χ3n) is 7.45. The number of carbonyl (C=O) groups excluding carboxylic acids is 4. The highest BCUT2D eigenvalue weighted by Gasteiger charge is 2.52. The van der Waals surface area contributed by atoms with E-state index in [0.29, 0.717) is 6.42 Å². The van der Waals surface area contributed by atoms with Crippen molar-refractivity contribution in [2.24, 2.45) is 0 Å². The van der Waals surface area contributed by atoms with E-state index in [0.717, 1.165) is 56.9 Å². The van der Waals surface area contributed by atoms with Crippen LogP contribution in [-0.4, -0.2) is 72.7 Å². The van der Waals surface area contributed by atoms with Gasteiger partial charge in [0.2, 0.25) is 6.29 Å². The third kappa shape index (κ3) is 10.2. The molecule has 0 bridgehead atoms. The smallest absolute Gasteiger partial charge is 0.303 e. The number of halogens is 1. The molecule has 2 heterocycles. The number of nitrogens with one attached hydrogen (secondary N) is 3. The lowest BCUT2D eigenvalue weighted by Crippen LogP contribution is -2.61. The summed E-state index contributed by atoms with van der Waals surface area (Å²) in [5.41, 5.74) is 7.92. The van der Waals surface area contributed by atoms with Gasteiger partial charge in [-0.3, -0.25) is 19.2 Å². The average molecular weight is 654 g/mol. The molecule has 1 aliphatic heterocycles. The van der Waals surface area contributed by atoms with Crippen molar-refractivity contribution < 1.29 is 47.4 Å². The molecule has 0 saturated carbocycles. The van der Waals surface area contributed by atoms with Crippen molar-refractivity contribution >= 4 is 34.7 Å². The Kier molecular flexibility index (Phi) is 12.6. The minimum absolute atomic E-state index is 0.458. The molecule has 3 N–H and O–H groups in total. The van der Waals surface area contributed by atoms with Crippen LogP contribution in [0.2, 0.25) is 0 Å². The van der Waals surface area contributed by atoms with E-state index in [9.17, 15) is 19.2 Å². The first-order valence-corrected chi connectivity index (χ1v) is 15.3. The van der Waals surface area contributed by atoms with Crippen molar-refractivity contribution in [1.82, 2.24) is 15.8 Å². The number of aromatic amines is 1. The molecule has 1 aliphatic rings. The number of fused-ring (bicyclic) bond motifs is 1. The van der Waals surface area contributed by atoms with Crippen molar-refractivity contribution in [2.45, 2.75) is 77.9 Å². The van der Waals surface area contributed by atoms with Gasteiger partial charge in [0.05, 0.1) is 0 Å². The molecule has 13 heteroatoms. The molecule has 0 spiro atoms. The molecule has 1 saturated heterocycles. The summed E-state index contributed by atoms with van der Waals surface area (Å²) in [6.45, 7) is 6.37. The van der Waals surface area contributed by atoms with E-state index in [4.69, 9.17) is 23.8 Å². The van der Waals surface area contributed by atoms with Crippen LogP contribution < -0.4 is 10.8 Å². The van der Waals surface area contributed by atoms with Crippen LogP contribution >= 0.6 is 0 Å². The molecule has 0 radical (unpaired) electrons. The first-order valence-electron chi connectivity index (χ1n) is 15.3. The van der Waals surface area contributed by atoms with E-state index >= 15 is 4.39 Å². The number of para-hydroxylation sites is 1. The van der Waals surface area contributed by atoms with Gasteiger partial charge in [0.1, 0.15) is 12.7 Å². The monoisotopic (exact) mass is 653 g/mol. The van der Waals surface area contributed by atoms with Gasteiger partial charge in [0.25, 0.3) is 5.91 Å². The summed E-state index contributed by atoms with van der Waals surface area (Å²) in [4.78, 5) is 55.9. The van der Waals surface area contributed by atoms with Gasteiger partial charge < -0.3 is 29.2 Å². The largest absolute Gasteiger partial charge is 0.463 e. The fourth-order valence-electron chi connectivity index (χ4n) is 5.28. The molecule has 1 amide bonds. The molecule has 0 aliphatic carbocycles. The second-order valence-electron chi connectivity index (χ2n) is 11.1. The van der Waals surface area contributed by atoms with Crippen molar-refractivity contribution in [2.75, 3.05) is 13.2 Å². The SMILES string of the molecule is CC(=O)OC[C@H]1O[C@@H](ONC(=O)/C=C/Cc2ccc(CNCCc3c(C)[nH]c4ccccc34)cc2)[C@H](OC(C)=O)[C@@H](OC(C)=O)[C@H]1F. The summed E-state index contributed by atoms with van der Waals surface area (Å²) in [5.74, 6) is -3.05. The Morgan fingerprint density at radius 3 is 2.32 bits per heavy atom. The second-order valence-corrected chi connectivity index (χ2v) is 11.1. The Labute approximate surface area is 271 Å². The van der Waals surface area contributed by atoms with Crippen LogP contribution in [0.5, 0.6) is 0 Å². The van der Waals surface area contributed by atoms with E-state index < -0.39 is 61.2 Å². The highest BCUT2D eigenvalue weighted by Crippen LogP contribution is 2.29. The Hall–Kier alpha value is -4.59. The number of aromatic nitrogens is 1. The van der Waals surface area contributed by atoms with Gasteiger partial charge in [-0.05, 0) is 49.1 Å². The maximum Gasteiger partial charge on any atom is 0.303 e. The number of alkyl halides is 1. The number of hydrogen-bond donors (Lipinski definition) is 3. The Morgan fingerprint density at radius 2 is 1.62 bits per heavy atom. The highest BCUT2D eigenvalue weighted by molar-refractivity contribution is 5.86. The molecule has 252 valence electrons. The Balaban J connectivity index is 1.25. The van der Waals surface area contributed by atoms with E-state index in [1.807, 2.05) is 30.3 Å². The number of benzene rings is 2. The predicted molar refractivity (Wildman–Crippen MR) is 168 cm³/mol. The van der Waals surface area contributed by atoms with Crippen molar-refractivity contribution in [3.8, 4) is 0 Å². The first-order chi connectivity index (χ1) is 22.5. The normalized spacial score (nSPS) is 21.0. The molecule has 1 aromatic heterocycles. The van der Waals surface area contributed by atoms with Gasteiger partial charge in [-0.2, -0.15) is 0 Å². The fourth-order valence-corrected chi connectivity index (χ4v) is 5.28. The summed E-state index contributed by atoms with van der Waals surface area (Å²) < 4.78 is 35.7. The van der Waals surface area contributed by atoms with Gasteiger partial charge in [0.15, 0.2) is 18.4 Å². The number of hydrogen-bond acceptors (Lipinski definition) is 10. The lowest BCUT2D eigenvalue weighted by molar-refractivity contribution is -0.308. The molecule has 2 aromatic carbocycles. The number of H-pyrrole nitrogens is 1. The first kappa shape index (κ1) is 35.3. The average Bonchev–Trinajstić information content (AvgIpc) is 3.35. The number of rotatable bonds is 14. The number of hydroxylamine groups is 1. The van der Waals surface area contributed by atoms with Crippen molar-refractivity contribution in [3.05, 3.63) is 83.1 Å². The van der Waals surface area contributed by atoms with Crippen LogP contribution in [0.4, 0.5) is 4.39 Å². The summed E-state index contributed by atoms with van der Waals surface area (Å²) in [6.07, 6.45) is -4.02. The minimum Gasteiger partial charge on any atom is -0.463 e. The summed E-state index contributed by atoms with van der Waals surface area (Å²) >= 11 is 0. The zero-order valence-corrected chi connectivity index (χ0v) is 26.7. The number of aryl methyl sites for hydroxylation is 1. The molecule has 12 nitrogen and oxygen atoms in total. The number of carbonyl (C=O) groups is 4. The van der Waals surface area contributed by atoms with Crippen LogP contribution in [0.15, 0.2) is 60.7 Å². The zero-order chi connectivity index (χ0) is 33.9. The quantitative estimate of drug-likeness (QED) is 0.0775. The van der Waals surface area contributed by atoms with E-state index in [1.54, 1.807) is 6.08 Å². The lowest BCUT2D eigenvalue weighted by Gasteiger charge is -2.41. The van der Waals surface area contributed by atoms with E-state index in [-0.39, 0.29) is 0 Å². The molecule has 1 fully saturated rings. The number of allylic oxidation sites excluding steroid dienone is 1. The van der Waals surface area contributed by atoms with Crippen LogP contribution in [0.25, 0.3) is 10.9 Å². The van der Waals surface area contributed by atoms with Gasteiger partial charge in [-0.1, -0.05) is 48.5 Å². The highest BCUT2D eigenvalue weighted by atomic mass is 19.1. The van der Waals surface area contributed by atoms with Gasteiger partial charge in [-0.25, -0.2) is 14.7 Å². The summed E-state index contributed by atoms with van der Waals surface area (Å²) in [5, 5.41) is 4.75. The van der Waals surface area contributed by atoms with Crippen molar-refractivity contribution in [3.63, 3.8) is 0 Å². The Morgan fingerprint density at radius 1 is 0.936 bits per heavy atom. The molecular weight excluding hydrogens is 613 g/mol. The summed E-state index contributed by atoms with van der Waals surface area (Å²) in [6, 6.07) is 16.3. The maximum atomic E-state index is 15.2. The lowest BCUT2D eigenvalue weighted by atomic mass is 10.00. The van der Waals surface area contributed by atoms with Crippen LogP contribution in [-0.2, 0) is 62.3 Å². The van der Waals surface area contributed by atoms with Crippen LogP contribution in [0, 0.1) is 6.92 Å². The maximum absolute atomic E-state index is 15.2. The molecule has 4 rings (SSSR count). The topological polar surface area (TPSA) is 154 Å². The molecule has 3 aromatic rings. The Bertz CT molecular complexity index is 1570. The van der Waals surface area contributed by atoms with E-state index in [1.165, 1.54) is 22.7 Å². The van der Waals surface area contributed by atoms with E-state index in [2.05, 4.69) is 40.9 Å². The molecule has 5 atom stereocenters. The molecular formula is C34H40FN3O9. The number of amides is 1. The molecule has 47 heavy (non-hydrogen) atoms. The fraction of sp³-hybridized carbons (Fsp3) is 0.412. The zero-order valence-electron chi connectivity index (χ0n) is 26.7. The minimum atomic E-state index is -2.03. The predicted octanol–water partition coefficient (Wildman–Crippen LogP) is 3.44. The van der Waals surface area contributed by atoms with Crippen LogP contribution in [0.3, 0.4) is 0 Å². The van der Waals surface area contributed by atoms with Crippen LogP contribution in [0.1, 0.15) is 43.2 Å². The molecule has 0 unspecified atom stereocenters. The summed E-state index contributed by atoms with van der Waals surface area (Å²) in [7, 11) is 0. The van der Waals surface area contributed by atoms with Gasteiger partial charge >= 0.3 is 17.9 Å². The number of ether oxygens (including phenoxy) is 4. The standard InChI is InChI=1S/C34H40FN3O9/c1-20-26(27-9-5-6-10-28(27)37-20)16-17-36-18-25-14-12-24(13-15-25)8-7-11-30(42)38-47-34-33(45-23(4)41)32(44-22(3)40)31(35)29(46-34)19-43-21(2)39/h5-7,9-15,29,31-34,36-37H,8,16-19H2,1-4H3,(H,38,42)/b11-7+/t29-,31+,32+,33-,34+/m1/s1.